The number of carbonyl (C=O) groups excluding carboxylic acids is 1. The average molecular weight is 325 g/mol. The van der Waals surface area contributed by atoms with Gasteiger partial charge in [-0.1, -0.05) is 6.07 Å². The fraction of sp³-hybridized carbons (Fsp3) is 0.462. The van der Waals surface area contributed by atoms with Gasteiger partial charge in [-0.25, -0.2) is 9.78 Å². The van der Waals surface area contributed by atoms with Gasteiger partial charge >= 0.3 is 6.09 Å². The summed E-state index contributed by atoms with van der Waals surface area (Å²) in [7, 11) is 0. The van der Waals surface area contributed by atoms with E-state index in [0.717, 1.165) is 12.8 Å². The van der Waals surface area contributed by atoms with Gasteiger partial charge in [-0.15, -0.1) is 0 Å². The Hall–Kier alpha value is -1.43. The molecular formula is C13H13BrN2O3. The molecule has 6 heteroatoms. The third-order valence-electron chi connectivity index (χ3n) is 4.02. The van der Waals surface area contributed by atoms with Crippen molar-refractivity contribution in [2.45, 2.75) is 12.8 Å². The van der Waals surface area contributed by atoms with Crippen molar-refractivity contribution in [2.24, 2.45) is 11.3 Å². The van der Waals surface area contributed by atoms with Crippen LogP contribution in [0.2, 0.25) is 0 Å². The van der Waals surface area contributed by atoms with E-state index in [-0.39, 0.29) is 17.1 Å². The van der Waals surface area contributed by atoms with Crippen LogP contribution in [0.25, 0.3) is 0 Å². The Balaban J connectivity index is 1.60. The second-order valence-electron chi connectivity index (χ2n) is 5.45. The highest BCUT2D eigenvalue weighted by Crippen LogP contribution is 2.52. The molecule has 3 rings (SSSR count). The van der Waals surface area contributed by atoms with Crippen LogP contribution in [0.4, 0.5) is 4.79 Å². The minimum atomic E-state index is -0.867. The Bertz CT molecular complexity index is 547. The van der Waals surface area contributed by atoms with Crippen molar-refractivity contribution >= 4 is 27.8 Å². The second kappa shape index (κ2) is 4.30. The molecule has 0 unspecified atom stereocenters. The van der Waals surface area contributed by atoms with Crippen molar-refractivity contribution in [1.29, 1.82) is 0 Å². The number of Topliss-reactive ketones (excluding diaryl/α,β-unsaturated/α-hetero) is 1. The summed E-state index contributed by atoms with van der Waals surface area (Å²) < 4.78 is 0.660. The Morgan fingerprint density at radius 1 is 1.37 bits per heavy atom. The first kappa shape index (κ1) is 12.6. The molecule has 1 N–H and O–H groups in total. The summed E-state index contributed by atoms with van der Waals surface area (Å²) in [6.45, 7) is 1.13. The fourth-order valence-corrected chi connectivity index (χ4v) is 3.43. The molecule has 1 saturated heterocycles. The smallest absolute Gasteiger partial charge is 0.407 e. The molecule has 1 aliphatic heterocycles. The molecule has 2 fully saturated rings. The van der Waals surface area contributed by atoms with E-state index in [1.54, 1.807) is 18.2 Å². The molecule has 2 aliphatic rings. The Morgan fingerprint density at radius 3 is 2.63 bits per heavy atom. The van der Waals surface area contributed by atoms with Crippen molar-refractivity contribution in [3.63, 3.8) is 0 Å². The highest BCUT2D eigenvalue weighted by Gasteiger charge is 2.55. The van der Waals surface area contributed by atoms with Gasteiger partial charge in [0.25, 0.3) is 0 Å². The predicted molar refractivity (Wildman–Crippen MR) is 71.0 cm³/mol. The fourth-order valence-electron chi connectivity index (χ4n) is 3.08. The molecule has 1 aliphatic carbocycles. The number of hydrogen-bond acceptors (Lipinski definition) is 3. The van der Waals surface area contributed by atoms with Gasteiger partial charge in [0.1, 0.15) is 10.3 Å². The average Bonchev–Trinajstić information content (AvgIpc) is 2.24. The minimum absolute atomic E-state index is 0.00209. The molecule has 1 spiro atoms. The quantitative estimate of drug-likeness (QED) is 0.670. The Labute approximate surface area is 118 Å². The van der Waals surface area contributed by atoms with Crippen molar-refractivity contribution in [1.82, 2.24) is 9.88 Å². The summed E-state index contributed by atoms with van der Waals surface area (Å²) in [5, 5.41) is 8.81. The van der Waals surface area contributed by atoms with E-state index in [2.05, 4.69) is 20.9 Å². The number of likely N-dealkylation sites (tertiary alicyclic amines) is 1. The summed E-state index contributed by atoms with van der Waals surface area (Å²) in [5.74, 6) is 0.0680. The van der Waals surface area contributed by atoms with Crippen LogP contribution in [0.5, 0.6) is 0 Å². The van der Waals surface area contributed by atoms with Gasteiger partial charge in [-0.05, 0) is 40.9 Å². The summed E-state index contributed by atoms with van der Waals surface area (Å²) in [6, 6.07) is 5.31. The zero-order valence-electron chi connectivity index (χ0n) is 10.2. The molecular weight excluding hydrogens is 312 g/mol. The maximum Gasteiger partial charge on any atom is 0.407 e. The molecule has 0 radical (unpaired) electrons. The van der Waals surface area contributed by atoms with Crippen molar-refractivity contribution in [2.75, 3.05) is 13.1 Å². The lowest BCUT2D eigenvalue weighted by Crippen LogP contribution is -2.64. The van der Waals surface area contributed by atoms with Crippen LogP contribution in [0.3, 0.4) is 0 Å². The Morgan fingerprint density at radius 2 is 2.05 bits per heavy atom. The van der Waals surface area contributed by atoms with Crippen molar-refractivity contribution in [3.05, 3.63) is 28.5 Å². The second-order valence-corrected chi connectivity index (χ2v) is 6.27. The largest absolute Gasteiger partial charge is 0.465 e. The SMILES string of the molecule is O=C(c1cccc(Br)n1)C1CC2(C1)CN(C(=O)O)C2. The number of hydrogen-bond donors (Lipinski definition) is 1. The molecule has 1 amide bonds. The lowest BCUT2D eigenvalue weighted by Gasteiger charge is -2.57. The van der Waals surface area contributed by atoms with E-state index >= 15 is 0 Å². The van der Waals surface area contributed by atoms with E-state index in [4.69, 9.17) is 5.11 Å². The standard InChI is InChI=1S/C13H13BrN2O3/c14-10-3-1-2-9(15-10)11(17)8-4-13(5-8)6-16(7-13)12(18)19/h1-3,8H,4-7H2,(H,18,19). The van der Waals surface area contributed by atoms with Crippen molar-refractivity contribution < 1.29 is 14.7 Å². The number of ketones is 1. The van der Waals surface area contributed by atoms with Crippen molar-refractivity contribution in [3.8, 4) is 0 Å². The highest BCUT2D eigenvalue weighted by molar-refractivity contribution is 9.10. The highest BCUT2D eigenvalue weighted by atomic mass is 79.9. The number of rotatable bonds is 2. The normalized spacial score (nSPS) is 20.8. The summed E-state index contributed by atoms with van der Waals surface area (Å²) >= 11 is 3.26. The molecule has 0 atom stereocenters. The number of aromatic nitrogens is 1. The lowest BCUT2D eigenvalue weighted by molar-refractivity contribution is -0.0697. The van der Waals surface area contributed by atoms with Gasteiger partial charge in [-0.2, -0.15) is 0 Å². The van der Waals surface area contributed by atoms with Gasteiger partial charge in [0.2, 0.25) is 0 Å². The zero-order chi connectivity index (χ0) is 13.6. The van der Waals surface area contributed by atoms with Crippen LogP contribution >= 0.6 is 15.9 Å². The third-order valence-corrected chi connectivity index (χ3v) is 4.46. The van der Waals surface area contributed by atoms with Gasteiger partial charge in [-0.3, -0.25) is 4.79 Å². The van der Waals surface area contributed by atoms with Gasteiger partial charge in [0.15, 0.2) is 5.78 Å². The van der Waals surface area contributed by atoms with Gasteiger partial charge in [0, 0.05) is 24.4 Å². The topological polar surface area (TPSA) is 70.5 Å². The molecule has 1 aromatic rings. The first-order valence-corrected chi connectivity index (χ1v) is 6.93. The molecule has 100 valence electrons. The number of nitrogens with zero attached hydrogens (tertiary/aromatic N) is 2. The molecule has 19 heavy (non-hydrogen) atoms. The summed E-state index contributed by atoms with van der Waals surface area (Å²) in [4.78, 5) is 28.5. The monoisotopic (exact) mass is 324 g/mol. The summed E-state index contributed by atoms with van der Waals surface area (Å²) in [5.41, 5.74) is 0.550. The van der Waals surface area contributed by atoms with Crippen LogP contribution in [-0.4, -0.2) is 40.0 Å². The van der Waals surface area contributed by atoms with Gasteiger partial charge < -0.3 is 10.0 Å². The maximum absolute atomic E-state index is 12.2. The molecule has 0 aromatic carbocycles. The van der Waals surface area contributed by atoms with Gasteiger partial charge in [0.05, 0.1) is 0 Å². The maximum atomic E-state index is 12.2. The predicted octanol–water partition coefficient (Wildman–Crippen LogP) is 2.42. The van der Waals surface area contributed by atoms with Crippen LogP contribution in [0, 0.1) is 11.3 Å². The number of carboxylic acid groups (broad SMARTS) is 1. The lowest BCUT2D eigenvalue weighted by atomic mass is 9.56. The van der Waals surface area contributed by atoms with E-state index in [0.29, 0.717) is 23.4 Å². The van der Waals surface area contributed by atoms with Crippen LogP contribution in [0.15, 0.2) is 22.8 Å². The van der Waals surface area contributed by atoms with Crippen LogP contribution in [0.1, 0.15) is 23.3 Å². The Kier molecular flexibility index (Phi) is 2.85. The molecule has 5 nitrogen and oxygen atoms in total. The zero-order valence-corrected chi connectivity index (χ0v) is 11.8. The first-order valence-electron chi connectivity index (χ1n) is 6.14. The van der Waals surface area contributed by atoms with E-state index < -0.39 is 6.09 Å². The molecule has 0 bridgehead atoms. The van der Waals surface area contributed by atoms with E-state index in [1.807, 2.05) is 0 Å². The van der Waals surface area contributed by atoms with E-state index in [9.17, 15) is 9.59 Å². The van der Waals surface area contributed by atoms with E-state index in [1.165, 1.54) is 4.90 Å². The minimum Gasteiger partial charge on any atom is -0.465 e. The number of amides is 1. The van der Waals surface area contributed by atoms with Crippen LogP contribution in [-0.2, 0) is 0 Å². The number of pyridine rings is 1. The molecule has 2 heterocycles. The molecule has 1 aromatic heterocycles. The number of halogens is 1. The number of carbonyl (C=O) groups is 2. The molecule has 1 saturated carbocycles. The first-order chi connectivity index (χ1) is 8.99. The summed E-state index contributed by atoms with van der Waals surface area (Å²) in [6.07, 6.45) is 0.696. The van der Waals surface area contributed by atoms with Crippen LogP contribution < -0.4 is 0 Å². The third kappa shape index (κ3) is 2.14.